The number of aromatic nitrogens is 1. The van der Waals surface area contributed by atoms with Crippen molar-refractivity contribution in [2.45, 2.75) is 19.9 Å². The molecule has 0 bridgehead atoms. The van der Waals surface area contributed by atoms with Crippen LogP contribution < -0.4 is 5.32 Å². The fourth-order valence-corrected chi connectivity index (χ4v) is 1.92. The van der Waals surface area contributed by atoms with Crippen molar-refractivity contribution in [3.05, 3.63) is 59.3 Å². The highest BCUT2D eigenvalue weighted by atomic mass is 16.4. The number of carboxylic acid groups (broad SMARTS) is 1. The highest BCUT2D eigenvalue weighted by molar-refractivity contribution is 5.88. The zero-order valence-electron chi connectivity index (χ0n) is 10.8. The van der Waals surface area contributed by atoms with Crippen molar-refractivity contribution in [1.29, 1.82) is 0 Å². The lowest BCUT2D eigenvalue weighted by molar-refractivity contribution is 0.0697. The fraction of sp³-hybridized carbons (Fsp3) is 0.200. The highest BCUT2D eigenvalue weighted by Gasteiger charge is 2.05. The van der Waals surface area contributed by atoms with E-state index in [0.717, 1.165) is 6.42 Å². The van der Waals surface area contributed by atoms with Crippen molar-refractivity contribution in [1.82, 2.24) is 4.98 Å². The average Bonchev–Trinajstić information content (AvgIpc) is 2.45. The minimum atomic E-state index is -0.945. The number of rotatable bonds is 5. The molecule has 4 nitrogen and oxygen atoms in total. The van der Waals surface area contributed by atoms with Gasteiger partial charge in [-0.2, -0.15) is 0 Å². The van der Waals surface area contributed by atoms with Crippen molar-refractivity contribution < 1.29 is 9.90 Å². The molecule has 1 aromatic carbocycles. The largest absolute Gasteiger partial charge is 0.478 e. The standard InChI is InChI=1S/C15H16N2O2/c1-2-11-5-3-4-6-13(11)10-17-14-9-12(15(18)19)7-8-16-14/h3-9H,2,10H2,1H3,(H,16,17)(H,18,19). The van der Waals surface area contributed by atoms with Gasteiger partial charge in [-0.05, 0) is 29.7 Å². The molecule has 98 valence electrons. The number of aryl methyl sites for hydroxylation is 1. The van der Waals surface area contributed by atoms with E-state index in [4.69, 9.17) is 5.11 Å². The molecule has 2 aromatic rings. The Hall–Kier alpha value is -2.36. The molecular formula is C15H16N2O2. The normalized spacial score (nSPS) is 10.2. The van der Waals surface area contributed by atoms with Crippen LogP contribution in [0.15, 0.2) is 42.6 Å². The van der Waals surface area contributed by atoms with Crippen LogP contribution in [0.2, 0.25) is 0 Å². The van der Waals surface area contributed by atoms with Gasteiger partial charge in [-0.3, -0.25) is 0 Å². The van der Waals surface area contributed by atoms with E-state index in [2.05, 4.69) is 29.4 Å². The van der Waals surface area contributed by atoms with Gasteiger partial charge in [-0.1, -0.05) is 31.2 Å². The van der Waals surface area contributed by atoms with E-state index in [1.807, 2.05) is 12.1 Å². The number of nitrogens with one attached hydrogen (secondary N) is 1. The quantitative estimate of drug-likeness (QED) is 0.863. The number of pyridine rings is 1. The third kappa shape index (κ3) is 3.31. The number of benzene rings is 1. The molecule has 0 fully saturated rings. The lowest BCUT2D eigenvalue weighted by Crippen LogP contribution is -2.05. The van der Waals surface area contributed by atoms with E-state index < -0.39 is 5.97 Å². The van der Waals surface area contributed by atoms with Gasteiger partial charge in [0.1, 0.15) is 5.82 Å². The Balaban J connectivity index is 2.10. The Morgan fingerprint density at radius 3 is 2.68 bits per heavy atom. The summed E-state index contributed by atoms with van der Waals surface area (Å²) in [6, 6.07) is 11.2. The molecule has 0 unspecified atom stereocenters. The van der Waals surface area contributed by atoms with Crippen LogP contribution in [-0.4, -0.2) is 16.1 Å². The van der Waals surface area contributed by atoms with Gasteiger partial charge in [0.2, 0.25) is 0 Å². The van der Waals surface area contributed by atoms with E-state index in [0.29, 0.717) is 12.4 Å². The second kappa shape index (κ2) is 6.00. The van der Waals surface area contributed by atoms with Gasteiger partial charge >= 0.3 is 5.97 Å². The summed E-state index contributed by atoms with van der Waals surface area (Å²) in [7, 11) is 0. The van der Waals surface area contributed by atoms with Gasteiger partial charge < -0.3 is 10.4 Å². The van der Waals surface area contributed by atoms with Crippen LogP contribution in [-0.2, 0) is 13.0 Å². The Kier molecular flexibility index (Phi) is 4.13. The number of carbonyl (C=O) groups is 1. The van der Waals surface area contributed by atoms with Gasteiger partial charge in [-0.25, -0.2) is 9.78 Å². The van der Waals surface area contributed by atoms with E-state index >= 15 is 0 Å². The number of hydrogen-bond acceptors (Lipinski definition) is 3. The lowest BCUT2D eigenvalue weighted by atomic mass is 10.1. The van der Waals surface area contributed by atoms with Gasteiger partial charge in [0.15, 0.2) is 0 Å². The molecule has 0 amide bonds. The predicted octanol–water partition coefficient (Wildman–Crippen LogP) is 2.95. The van der Waals surface area contributed by atoms with Crippen LogP contribution in [0.4, 0.5) is 5.82 Å². The van der Waals surface area contributed by atoms with Gasteiger partial charge in [0, 0.05) is 12.7 Å². The topological polar surface area (TPSA) is 62.2 Å². The Labute approximate surface area is 112 Å². The number of nitrogens with zero attached hydrogens (tertiary/aromatic N) is 1. The fourth-order valence-electron chi connectivity index (χ4n) is 1.92. The van der Waals surface area contributed by atoms with Crippen LogP contribution in [0.1, 0.15) is 28.4 Å². The maximum absolute atomic E-state index is 10.9. The summed E-state index contributed by atoms with van der Waals surface area (Å²) in [6.45, 7) is 2.75. The summed E-state index contributed by atoms with van der Waals surface area (Å²) in [5, 5.41) is 12.1. The van der Waals surface area contributed by atoms with Crippen LogP contribution in [0, 0.1) is 0 Å². The summed E-state index contributed by atoms with van der Waals surface area (Å²) in [5.74, 6) is -0.370. The molecule has 0 aliphatic rings. The zero-order chi connectivity index (χ0) is 13.7. The molecule has 0 spiro atoms. The minimum Gasteiger partial charge on any atom is -0.478 e. The van der Waals surface area contributed by atoms with Crippen molar-refractivity contribution >= 4 is 11.8 Å². The second-order valence-electron chi connectivity index (χ2n) is 4.21. The Morgan fingerprint density at radius 2 is 2.00 bits per heavy atom. The minimum absolute atomic E-state index is 0.237. The molecule has 2 N–H and O–H groups in total. The third-order valence-corrected chi connectivity index (χ3v) is 2.97. The van der Waals surface area contributed by atoms with E-state index in [-0.39, 0.29) is 5.56 Å². The van der Waals surface area contributed by atoms with Gasteiger partial charge in [0.05, 0.1) is 5.56 Å². The Bertz CT molecular complexity index is 582. The van der Waals surface area contributed by atoms with E-state index in [1.165, 1.54) is 29.5 Å². The molecule has 0 radical (unpaired) electrons. The third-order valence-electron chi connectivity index (χ3n) is 2.97. The van der Waals surface area contributed by atoms with Crippen molar-refractivity contribution in [3.8, 4) is 0 Å². The van der Waals surface area contributed by atoms with Gasteiger partial charge in [0.25, 0.3) is 0 Å². The van der Waals surface area contributed by atoms with E-state index in [1.54, 1.807) is 0 Å². The first-order chi connectivity index (χ1) is 9.20. The zero-order valence-corrected chi connectivity index (χ0v) is 10.8. The summed E-state index contributed by atoms with van der Waals surface area (Å²) >= 11 is 0. The summed E-state index contributed by atoms with van der Waals surface area (Å²) < 4.78 is 0. The monoisotopic (exact) mass is 256 g/mol. The molecule has 0 saturated carbocycles. The molecule has 1 heterocycles. The second-order valence-corrected chi connectivity index (χ2v) is 4.21. The molecule has 2 rings (SSSR count). The maximum Gasteiger partial charge on any atom is 0.335 e. The summed E-state index contributed by atoms with van der Waals surface area (Å²) in [6.07, 6.45) is 2.47. The molecule has 1 aromatic heterocycles. The van der Waals surface area contributed by atoms with Crippen LogP contribution in [0.5, 0.6) is 0 Å². The molecule has 19 heavy (non-hydrogen) atoms. The molecule has 0 saturated heterocycles. The summed E-state index contributed by atoms with van der Waals surface area (Å²) in [4.78, 5) is 15.0. The van der Waals surface area contributed by atoms with Crippen molar-refractivity contribution in [2.75, 3.05) is 5.32 Å². The molecule has 0 atom stereocenters. The first kappa shape index (κ1) is 13.1. The Morgan fingerprint density at radius 1 is 1.26 bits per heavy atom. The van der Waals surface area contributed by atoms with Crippen molar-refractivity contribution in [2.24, 2.45) is 0 Å². The predicted molar refractivity (Wildman–Crippen MR) is 74.3 cm³/mol. The number of hydrogen-bond donors (Lipinski definition) is 2. The average molecular weight is 256 g/mol. The highest BCUT2D eigenvalue weighted by Crippen LogP contribution is 2.13. The maximum atomic E-state index is 10.9. The van der Waals surface area contributed by atoms with Crippen LogP contribution in [0.3, 0.4) is 0 Å². The van der Waals surface area contributed by atoms with Crippen LogP contribution >= 0.6 is 0 Å². The molecule has 4 heteroatoms. The molecule has 0 aliphatic heterocycles. The number of carboxylic acids is 1. The van der Waals surface area contributed by atoms with Gasteiger partial charge in [-0.15, -0.1) is 0 Å². The first-order valence-electron chi connectivity index (χ1n) is 6.20. The lowest BCUT2D eigenvalue weighted by Gasteiger charge is -2.09. The number of anilines is 1. The first-order valence-corrected chi connectivity index (χ1v) is 6.20. The molecule has 0 aliphatic carbocycles. The van der Waals surface area contributed by atoms with Crippen molar-refractivity contribution in [3.63, 3.8) is 0 Å². The van der Waals surface area contributed by atoms with E-state index in [9.17, 15) is 4.79 Å². The smallest absolute Gasteiger partial charge is 0.335 e. The summed E-state index contributed by atoms with van der Waals surface area (Å²) in [5.41, 5.74) is 2.72. The number of aromatic carboxylic acids is 1. The molecular weight excluding hydrogens is 240 g/mol. The van der Waals surface area contributed by atoms with Crippen LogP contribution in [0.25, 0.3) is 0 Å². The SMILES string of the molecule is CCc1ccccc1CNc1cc(C(=O)O)ccn1.